The smallest absolute Gasteiger partial charge is 0.101 e. The molecule has 0 aromatic carbocycles. The molecule has 0 aromatic rings. The Hall–Kier alpha value is -0.960. The lowest BCUT2D eigenvalue weighted by molar-refractivity contribution is 0.782. The summed E-state index contributed by atoms with van der Waals surface area (Å²) in [7, 11) is 0. The molecular weight excluding hydrogens is 216 g/mol. The van der Waals surface area contributed by atoms with E-state index in [0.29, 0.717) is 10.5 Å². The number of nitrogens with two attached hydrogens (primary N) is 1. The SMILES string of the molecule is C=C(C)/C(C)=C1\C(=N)SC(C23CC2C3)=C1N. The number of thioether (sulfide) groups is 1. The number of rotatable bonds is 2. The first-order valence-electron chi connectivity index (χ1n) is 5.61. The number of nitrogens with one attached hydrogen (secondary N) is 1. The molecule has 0 amide bonds. The van der Waals surface area contributed by atoms with Crippen LogP contribution >= 0.6 is 11.8 Å². The maximum absolute atomic E-state index is 8.06. The first-order valence-corrected chi connectivity index (χ1v) is 6.43. The van der Waals surface area contributed by atoms with E-state index in [1.807, 2.05) is 13.8 Å². The van der Waals surface area contributed by atoms with Gasteiger partial charge in [0.25, 0.3) is 0 Å². The van der Waals surface area contributed by atoms with Gasteiger partial charge in [-0.3, -0.25) is 5.41 Å². The lowest BCUT2D eigenvalue weighted by atomic mass is 10.0. The van der Waals surface area contributed by atoms with Crippen molar-refractivity contribution in [2.75, 3.05) is 0 Å². The average Bonchev–Trinajstić information content (AvgIpc) is 2.99. The van der Waals surface area contributed by atoms with Crippen LogP contribution < -0.4 is 5.73 Å². The van der Waals surface area contributed by atoms with Gasteiger partial charge in [-0.2, -0.15) is 0 Å². The summed E-state index contributed by atoms with van der Waals surface area (Å²) in [5.74, 6) is 0.880. The van der Waals surface area contributed by atoms with Crippen LogP contribution in [0.1, 0.15) is 26.7 Å². The van der Waals surface area contributed by atoms with Gasteiger partial charge in [-0.15, -0.1) is 0 Å². The molecule has 0 unspecified atom stereocenters. The molecule has 2 fully saturated rings. The Balaban J connectivity index is 2.07. The maximum Gasteiger partial charge on any atom is 0.101 e. The zero-order valence-electron chi connectivity index (χ0n) is 9.68. The van der Waals surface area contributed by atoms with E-state index in [1.165, 1.54) is 17.7 Å². The van der Waals surface area contributed by atoms with Crippen LogP contribution in [0.5, 0.6) is 0 Å². The van der Waals surface area contributed by atoms with Gasteiger partial charge in [0.15, 0.2) is 0 Å². The lowest BCUT2D eigenvalue weighted by Crippen LogP contribution is -2.06. The molecule has 2 aliphatic carbocycles. The Morgan fingerprint density at radius 1 is 1.50 bits per heavy atom. The second-order valence-electron chi connectivity index (χ2n) is 5.22. The van der Waals surface area contributed by atoms with Gasteiger partial charge in [0.2, 0.25) is 0 Å². The van der Waals surface area contributed by atoms with Crippen LogP contribution in [0, 0.1) is 16.7 Å². The van der Waals surface area contributed by atoms with Crippen LogP contribution in [-0.2, 0) is 0 Å². The fourth-order valence-electron chi connectivity index (χ4n) is 2.47. The van der Waals surface area contributed by atoms with Crippen molar-refractivity contribution < 1.29 is 0 Å². The summed E-state index contributed by atoms with van der Waals surface area (Å²) in [5.41, 5.74) is 10.5. The summed E-state index contributed by atoms with van der Waals surface area (Å²) in [5, 5.41) is 8.67. The number of allylic oxidation sites excluding steroid dienone is 4. The fraction of sp³-hybridized carbons (Fsp3) is 0.462. The maximum atomic E-state index is 8.06. The zero-order valence-corrected chi connectivity index (χ0v) is 10.5. The molecule has 1 heterocycles. The number of hydrogen-bond acceptors (Lipinski definition) is 3. The number of fused-ring (bicyclic) bond motifs is 1. The fourth-order valence-corrected chi connectivity index (χ4v) is 3.79. The van der Waals surface area contributed by atoms with Crippen molar-refractivity contribution in [3.05, 3.63) is 33.9 Å². The Morgan fingerprint density at radius 2 is 2.06 bits per heavy atom. The minimum Gasteiger partial charge on any atom is -0.397 e. The molecule has 0 bridgehead atoms. The van der Waals surface area contributed by atoms with Crippen molar-refractivity contribution in [3.8, 4) is 0 Å². The van der Waals surface area contributed by atoms with Gasteiger partial charge in [-0.05, 0) is 38.2 Å². The summed E-state index contributed by atoms with van der Waals surface area (Å²) < 4.78 is 0. The normalized spacial score (nSPS) is 38.6. The molecule has 0 atom stereocenters. The third-order valence-corrected chi connectivity index (χ3v) is 5.33. The minimum atomic E-state index is 0.415. The van der Waals surface area contributed by atoms with E-state index in [-0.39, 0.29) is 0 Å². The van der Waals surface area contributed by atoms with Gasteiger partial charge < -0.3 is 5.73 Å². The molecular formula is C13H16N2S. The molecule has 0 spiro atoms. The van der Waals surface area contributed by atoms with E-state index in [0.717, 1.165) is 28.3 Å². The second kappa shape index (κ2) is 2.83. The highest BCUT2D eigenvalue weighted by atomic mass is 32.2. The molecule has 1 aliphatic heterocycles. The van der Waals surface area contributed by atoms with E-state index in [2.05, 4.69) is 6.58 Å². The third kappa shape index (κ3) is 1.12. The van der Waals surface area contributed by atoms with E-state index in [9.17, 15) is 0 Å². The van der Waals surface area contributed by atoms with Crippen LogP contribution in [0.4, 0.5) is 0 Å². The molecule has 0 aromatic heterocycles. The number of hydrogen-bond donors (Lipinski definition) is 2. The Morgan fingerprint density at radius 3 is 2.50 bits per heavy atom. The van der Waals surface area contributed by atoms with Gasteiger partial charge in [-0.1, -0.05) is 23.9 Å². The highest BCUT2D eigenvalue weighted by molar-refractivity contribution is 8.18. The standard InChI is InChI=1S/C13H16N2S/c1-6(2)7(3)9-10(14)11(16-12(9)15)13-4-8(13)5-13/h8,15H,1,4-5,14H2,2-3H3/b9-7-,15-12?. The monoisotopic (exact) mass is 232 g/mol. The molecule has 0 saturated heterocycles. The first kappa shape index (κ1) is 10.2. The first-order chi connectivity index (χ1) is 7.47. The summed E-state index contributed by atoms with van der Waals surface area (Å²) in [4.78, 5) is 1.28. The topological polar surface area (TPSA) is 49.9 Å². The second-order valence-corrected chi connectivity index (χ2v) is 6.24. The third-order valence-electron chi connectivity index (χ3n) is 4.10. The Kier molecular flexibility index (Phi) is 1.81. The van der Waals surface area contributed by atoms with Crippen LogP contribution in [0.2, 0.25) is 0 Å². The summed E-state index contributed by atoms with van der Waals surface area (Å²) in [6.45, 7) is 7.92. The molecule has 2 nitrogen and oxygen atoms in total. The van der Waals surface area contributed by atoms with Crippen molar-refractivity contribution in [3.63, 3.8) is 0 Å². The molecule has 84 valence electrons. The van der Waals surface area contributed by atoms with E-state index >= 15 is 0 Å². The summed E-state index contributed by atoms with van der Waals surface area (Å²) in [6, 6.07) is 0. The van der Waals surface area contributed by atoms with Crippen LogP contribution in [0.15, 0.2) is 33.9 Å². The predicted octanol–water partition coefficient (Wildman–Crippen LogP) is 3.18. The van der Waals surface area contributed by atoms with Gasteiger partial charge >= 0.3 is 0 Å². The summed E-state index contributed by atoms with van der Waals surface area (Å²) in [6.07, 6.45) is 2.59. The van der Waals surface area contributed by atoms with Gasteiger partial charge in [0.05, 0.1) is 5.70 Å². The highest BCUT2D eigenvalue weighted by Gasteiger charge is 2.72. The quantitative estimate of drug-likeness (QED) is 0.768. The minimum absolute atomic E-state index is 0.415. The largest absolute Gasteiger partial charge is 0.397 e. The van der Waals surface area contributed by atoms with E-state index in [1.54, 1.807) is 11.8 Å². The van der Waals surface area contributed by atoms with Gasteiger partial charge in [0.1, 0.15) is 5.04 Å². The summed E-state index contributed by atoms with van der Waals surface area (Å²) >= 11 is 1.58. The van der Waals surface area contributed by atoms with Crippen LogP contribution in [-0.4, -0.2) is 5.04 Å². The average molecular weight is 232 g/mol. The molecule has 0 radical (unpaired) electrons. The Labute approximate surface area is 100 Å². The Bertz CT molecular complexity index is 490. The molecule has 3 N–H and O–H groups in total. The molecule has 3 aliphatic rings. The predicted molar refractivity (Wildman–Crippen MR) is 69.2 cm³/mol. The molecule has 2 saturated carbocycles. The van der Waals surface area contributed by atoms with E-state index < -0.39 is 0 Å². The van der Waals surface area contributed by atoms with Crippen LogP contribution in [0.3, 0.4) is 0 Å². The van der Waals surface area contributed by atoms with E-state index in [4.69, 9.17) is 11.1 Å². The van der Waals surface area contributed by atoms with Crippen molar-refractivity contribution in [1.82, 2.24) is 0 Å². The molecule has 3 heteroatoms. The molecule has 16 heavy (non-hydrogen) atoms. The lowest BCUT2D eigenvalue weighted by Gasteiger charge is -2.07. The van der Waals surface area contributed by atoms with Crippen molar-refractivity contribution in [1.29, 1.82) is 5.41 Å². The highest BCUT2D eigenvalue weighted by Crippen LogP contribution is 2.81. The molecule has 3 rings (SSSR count). The van der Waals surface area contributed by atoms with Crippen LogP contribution in [0.25, 0.3) is 0 Å². The van der Waals surface area contributed by atoms with Gasteiger partial charge in [-0.25, -0.2) is 0 Å². The van der Waals surface area contributed by atoms with Gasteiger partial charge in [0, 0.05) is 15.9 Å². The van der Waals surface area contributed by atoms with Crippen molar-refractivity contribution in [2.24, 2.45) is 17.1 Å². The van der Waals surface area contributed by atoms with Crippen molar-refractivity contribution in [2.45, 2.75) is 26.7 Å². The zero-order chi connectivity index (χ0) is 11.7. The van der Waals surface area contributed by atoms with Crippen molar-refractivity contribution >= 4 is 16.8 Å².